The maximum atomic E-state index is 12.2. The number of hydrogen-bond donors (Lipinski definition) is 3. The van der Waals surface area contributed by atoms with Gasteiger partial charge in [0.05, 0.1) is 17.7 Å². The Morgan fingerprint density at radius 2 is 2.35 bits per heavy atom. The average Bonchev–Trinajstić information content (AvgIpc) is 2.86. The van der Waals surface area contributed by atoms with Crippen molar-refractivity contribution in [2.45, 2.75) is 19.4 Å². The minimum Gasteiger partial charge on any atom is -0.409 e. The molecule has 1 heterocycles. The first-order valence-electron chi connectivity index (χ1n) is 6.23. The van der Waals surface area contributed by atoms with Crippen molar-refractivity contribution >= 4 is 33.4 Å². The number of nitrogens with zero attached hydrogens (tertiary/aromatic N) is 1. The van der Waals surface area contributed by atoms with Crippen molar-refractivity contribution in [1.29, 1.82) is 0 Å². The molecule has 0 aromatic heterocycles. The Hall–Kier alpha value is -1.60. The monoisotopic (exact) mass is 341 g/mol. The fourth-order valence-corrected chi connectivity index (χ4v) is 2.61. The van der Waals surface area contributed by atoms with Gasteiger partial charge >= 0.3 is 0 Å². The Kier molecular flexibility index (Phi) is 4.61. The van der Waals surface area contributed by atoms with Crippen LogP contribution in [-0.2, 0) is 9.53 Å². The molecule has 4 N–H and O–H groups in total. The van der Waals surface area contributed by atoms with Gasteiger partial charge in [0.2, 0.25) is 5.91 Å². The number of benzene rings is 1. The lowest BCUT2D eigenvalue weighted by molar-refractivity contribution is -0.121. The van der Waals surface area contributed by atoms with Crippen molar-refractivity contribution in [2.75, 3.05) is 11.9 Å². The number of carbonyl (C=O) groups is 1. The number of nitrogens with two attached hydrogens (primary N) is 1. The minimum atomic E-state index is -0.134. The predicted molar refractivity (Wildman–Crippen MR) is 78.8 cm³/mol. The summed E-state index contributed by atoms with van der Waals surface area (Å²) in [5.74, 6) is -0.181. The molecular formula is C13H16BrN3O3. The molecule has 7 heteroatoms. The zero-order valence-electron chi connectivity index (χ0n) is 11.0. The summed E-state index contributed by atoms with van der Waals surface area (Å²) in [5, 5.41) is 14.4. The Morgan fingerprint density at radius 3 is 2.90 bits per heavy atom. The van der Waals surface area contributed by atoms with Crippen LogP contribution in [0.5, 0.6) is 0 Å². The number of carbonyl (C=O) groups excluding carboxylic acids is 1. The maximum absolute atomic E-state index is 12.2. The lowest BCUT2D eigenvalue weighted by Gasteiger charge is -2.15. The molecule has 1 fully saturated rings. The van der Waals surface area contributed by atoms with Gasteiger partial charge in [-0.15, -0.1) is 0 Å². The summed E-state index contributed by atoms with van der Waals surface area (Å²) >= 11 is 3.36. The van der Waals surface area contributed by atoms with E-state index >= 15 is 0 Å². The van der Waals surface area contributed by atoms with E-state index in [4.69, 9.17) is 15.7 Å². The summed E-state index contributed by atoms with van der Waals surface area (Å²) in [6.07, 6.45) is 0.664. The molecule has 1 aliphatic heterocycles. The Balaban J connectivity index is 2.12. The van der Waals surface area contributed by atoms with Crippen molar-refractivity contribution in [2.24, 2.45) is 16.8 Å². The highest BCUT2D eigenvalue weighted by molar-refractivity contribution is 9.10. The molecule has 1 aromatic carbocycles. The quantitative estimate of drug-likeness (QED) is 0.338. The van der Waals surface area contributed by atoms with Crippen LogP contribution in [0.1, 0.15) is 18.9 Å². The number of anilines is 1. The maximum Gasteiger partial charge on any atom is 0.230 e. The number of oxime groups is 1. The SMILES string of the molecule is CC1OCCC1C(=O)Nc1ccc(/C(N)=N/O)cc1Br. The molecule has 108 valence electrons. The lowest BCUT2D eigenvalue weighted by atomic mass is 10.0. The molecular weight excluding hydrogens is 326 g/mol. The molecule has 20 heavy (non-hydrogen) atoms. The van der Waals surface area contributed by atoms with E-state index in [9.17, 15) is 4.79 Å². The van der Waals surface area contributed by atoms with E-state index in [1.807, 2.05) is 6.92 Å². The van der Waals surface area contributed by atoms with Gasteiger partial charge in [0.15, 0.2) is 5.84 Å². The van der Waals surface area contributed by atoms with Gasteiger partial charge in [-0.25, -0.2) is 0 Å². The zero-order chi connectivity index (χ0) is 14.7. The predicted octanol–water partition coefficient (Wildman–Crippen LogP) is 1.91. The van der Waals surface area contributed by atoms with E-state index in [2.05, 4.69) is 26.4 Å². The molecule has 0 aliphatic carbocycles. The van der Waals surface area contributed by atoms with Crippen LogP contribution in [0.4, 0.5) is 5.69 Å². The molecule has 1 amide bonds. The third-order valence-corrected chi connectivity index (χ3v) is 4.00. The van der Waals surface area contributed by atoms with Crippen LogP contribution in [-0.4, -0.2) is 29.7 Å². The second-order valence-electron chi connectivity index (χ2n) is 4.64. The van der Waals surface area contributed by atoms with Gasteiger partial charge in [0.1, 0.15) is 0 Å². The molecule has 1 aromatic rings. The average molecular weight is 342 g/mol. The van der Waals surface area contributed by atoms with E-state index in [1.165, 1.54) is 0 Å². The Bertz CT molecular complexity index is 548. The minimum absolute atomic E-state index is 0.0152. The second kappa shape index (κ2) is 6.23. The number of rotatable bonds is 3. The van der Waals surface area contributed by atoms with Crippen LogP contribution >= 0.6 is 15.9 Å². The largest absolute Gasteiger partial charge is 0.409 e. The van der Waals surface area contributed by atoms with Crippen LogP contribution in [0.25, 0.3) is 0 Å². The van der Waals surface area contributed by atoms with Gasteiger partial charge in [0, 0.05) is 16.6 Å². The molecule has 2 rings (SSSR count). The standard InChI is InChI=1S/C13H16BrN3O3/c1-7-9(4-5-20-7)13(18)16-11-3-2-8(6-10(11)14)12(15)17-19/h2-3,6-7,9,19H,4-5H2,1H3,(H2,15,17)(H,16,18). The summed E-state index contributed by atoms with van der Waals surface area (Å²) in [7, 11) is 0. The molecule has 1 aliphatic rings. The summed E-state index contributed by atoms with van der Waals surface area (Å²) in [4.78, 5) is 12.2. The van der Waals surface area contributed by atoms with Crippen LogP contribution < -0.4 is 11.1 Å². The van der Waals surface area contributed by atoms with E-state index in [1.54, 1.807) is 18.2 Å². The number of nitrogens with one attached hydrogen (secondary N) is 1. The van der Waals surface area contributed by atoms with Gasteiger partial charge in [-0.1, -0.05) is 5.16 Å². The van der Waals surface area contributed by atoms with Crippen molar-refractivity contribution < 1.29 is 14.7 Å². The van der Waals surface area contributed by atoms with Crippen LogP contribution in [0.15, 0.2) is 27.8 Å². The number of hydrogen-bond acceptors (Lipinski definition) is 4. The summed E-state index contributed by atoms with van der Waals surface area (Å²) in [6.45, 7) is 2.51. The van der Waals surface area contributed by atoms with Gasteiger partial charge in [0.25, 0.3) is 0 Å². The Labute approximate surface area is 125 Å². The number of amides is 1. The van der Waals surface area contributed by atoms with Gasteiger partial charge < -0.3 is 21.0 Å². The van der Waals surface area contributed by atoms with Crippen molar-refractivity contribution in [3.63, 3.8) is 0 Å². The topological polar surface area (TPSA) is 96.9 Å². The molecule has 0 spiro atoms. The van der Waals surface area contributed by atoms with E-state index in [0.29, 0.717) is 22.3 Å². The highest BCUT2D eigenvalue weighted by Crippen LogP contribution is 2.27. The highest BCUT2D eigenvalue weighted by Gasteiger charge is 2.30. The smallest absolute Gasteiger partial charge is 0.230 e. The second-order valence-corrected chi connectivity index (χ2v) is 5.49. The Morgan fingerprint density at radius 1 is 1.60 bits per heavy atom. The number of ether oxygens (including phenoxy) is 1. The summed E-state index contributed by atoms with van der Waals surface area (Å²) < 4.78 is 6.06. The third kappa shape index (κ3) is 3.10. The molecule has 0 saturated carbocycles. The molecule has 2 atom stereocenters. The molecule has 0 radical (unpaired) electrons. The fraction of sp³-hybridized carbons (Fsp3) is 0.385. The van der Waals surface area contributed by atoms with E-state index < -0.39 is 0 Å². The van der Waals surface area contributed by atoms with Crippen molar-refractivity contribution in [3.8, 4) is 0 Å². The molecule has 0 bridgehead atoms. The number of amidine groups is 1. The van der Waals surface area contributed by atoms with E-state index in [-0.39, 0.29) is 23.8 Å². The number of halogens is 1. The summed E-state index contributed by atoms with van der Waals surface area (Å²) in [5.41, 5.74) is 6.71. The zero-order valence-corrected chi connectivity index (χ0v) is 12.6. The van der Waals surface area contributed by atoms with Gasteiger partial charge in [-0.3, -0.25) is 4.79 Å². The first-order chi connectivity index (χ1) is 9.52. The fourth-order valence-electron chi connectivity index (χ4n) is 2.13. The highest BCUT2D eigenvalue weighted by atomic mass is 79.9. The molecule has 1 saturated heterocycles. The molecule has 2 unspecified atom stereocenters. The van der Waals surface area contributed by atoms with Gasteiger partial charge in [-0.2, -0.15) is 0 Å². The van der Waals surface area contributed by atoms with Crippen LogP contribution in [0, 0.1) is 5.92 Å². The van der Waals surface area contributed by atoms with Gasteiger partial charge in [-0.05, 0) is 47.5 Å². The molecule has 6 nitrogen and oxygen atoms in total. The van der Waals surface area contributed by atoms with Crippen LogP contribution in [0.3, 0.4) is 0 Å². The first-order valence-corrected chi connectivity index (χ1v) is 7.02. The van der Waals surface area contributed by atoms with Crippen molar-refractivity contribution in [3.05, 3.63) is 28.2 Å². The third-order valence-electron chi connectivity index (χ3n) is 3.34. The van der Waals surface area contributed by atoms with E-state index in [0.717, 1.165) is 6.42 Å². The summed E-state index contributed by atoms with van der Waals surface area (Å²) in [6, 6.07) is 5.05. The first kappa shape index (κ1) is 14.8. The van der Waals surface area contributed by atoms with Crippen LogP contribution in [0.2, 0.25) is 0 Å². The lowest BCUT2D eigenvalue weighted by Crippen LogP contribution is -2.28. The normalized spacial score (nSPS) is 22.8. The van der Waals surface area contributed by atoms with Crippen molar-refractivity contribution in [1.82, 2.24) is 0 Å².